The van der Waals surface area contributed by atoms with Crippen molar-refractivity contribution in [2.45, 2.75) is 19.8 Å². The molecule has 0 unspecified atom stereocenters. The smallest absolute Gasteiger partial charge is 0.277 e. The van der Waals surface area contributed by atoms with Crippen molar-refractivity contribution in [1.82, 2.24) is 9.97 Å². The molecule has 142 valence electrons. The summed E-state index contributed by atoms with van der Waals surface area (Å²) in [6, 6.07) is 12.5. The number of aryl methyl sites for hydroxylation is 2. The van der Waals surface area contributed by atoms with Crippen molar-refractivity contribution >= 4 is 23.1 Å². The third-order valence-electron chi connectivity index (χ3n) is 4.61. The summed E-state index contributed by atoms with van der Waals surface area (Å²) in [6.45, 7) is 2.27. The van der Waals surface area contributed by atoms with E-state index in [9.17, 15) is 13.6 Å². The molecule has 0 saturated heterocycles. The lowest BCUT2D eigenvalue weighted by atomic mass is 10.0. The molecule has 1 N–H and O–H groups in total. The minimum absolute atomic E-state index is 0.0706. The number of nitrogens with zero attached hydrogens (tertiary/aromatic N) is 3. The van der Waals surface area contributed by atoms with E-state index in [1.54, 1.807) is 11.8 Å². The number of nitrogens with one attached hydrogen (secondary N) is 1. The van der Waals surface area contributed by atoms with Crippen molar-refractivity contribution in [3.8, 4) is 0 Å². The van der Waals surface area contributed by atoms with E-state index in [0.29, 0.717) is 12.4 Å². The molecule has 3 aromatic rings. The molecule has 4 rings (SSSR count). The number of hydrogen-bond acceptors (Lipinski definition) is 4. The number of halogens is 2. The summed E-state index contributed by atoms with van der Waals surface area (Å²) in [5.74, 6) is -0.997. The molecular formula is C21H18F2N4O. The van der Waals surface area contributed by atoms with Crippen LogP contribution in [0.2, 0.25) is 0 Å². The zero-order valence-corrected chi connectivity index (χ0v) is 15.2. The van der Waals surface area contributed by atoms with Crippen LogP contribution >= 0.6 is 0 Å². The quantitative estimate of drug-likeness (QED) is 0.732. The Balaban J connectivity index is 1.65. The molecule has 7 heteroatoms. The van der Waals surface area contributed by atoms with Crippen molar-refractivity contribution in [3.63, 3.8) is 0 Å². The second-order valence-corrected chi connectivity index (χ2v) is 6.62. The van der Waals surface area contributed by atoms with Crippen molar-refractivity contribution in [1.29, 1.82) is 0 Å². The van der Waals surface area contributed by atoms with E-state index in [4.69, 9.17) is 0 Å². The fraction of sp³-hybridized carbons (Fsp3) is 0.190. The summed E-state index contributed by atoms with van der Waals surface area (Å²) >= 11 is 0. The van der Waals surface area contributed by atoms with Gasteiger partial charge in [0.05, 0.1) is 5.69 Å². The van der Waals surface area contributed by atoms with Gasteiger partial charge in [0, 0.05) is 24.4 Å². The van der Waals surface area contributed by atoms with Crippen LogP contribution in [0.1, 0.15) is 28.3 Å². The van der Waals surface area contributed by atoms with Crippen molar-refractivity contribution in [2.24, 2.45) is 0 Å². The van der Waals surface area contributed by atoms with Crippen LogP contribution in [0.25, 0.3) is 0 Å². The summed E-state index contributed by atoms with van der Waals surface area (Å²) < 4.78 is 27.0. The van der Waals surface area contributed by atoms with E-state index in [0.717, 1.165) is 36.2 Å². The second-order valence-electron chi connectivity index (χ2n) is 6.62. The Hall–Kier alpha value is -3.35. The molecule has 0 saturated carbocycles. The number of benzene rings is 2. The average molecular weight is 380 g/mol. The van der Waals surface area contributed by atoms with Crippen molar-refractivity contribution in [2.75, 3.05) is 16.8 Å². The first kappa shape index (κ1) is 18.0. The Kier molecular flexibility index (Phi) is 4.73. The lowest BCUT2D eigenvalue weighted by molar-refractivity contribution is 0.0980. The maximum atomic E-state index is 13.9. The van der Waals surface area contributed by atoms with Crippen LogP contribution in [0, 0.1) is 18.6 Å². The van der Waals surface area contributed by atoms with Crippen LogP contribution in [0.15, 0.2) is 48.5 Å². The third-order valence-corrected chi connectivity index (χ3v) is 4.61. The summed E-state index contributed by atoms with van der Waals surface area (Å²) in [6.07, 6.45) is 1.80. The SMILES string of the molecule is Cc1nc(Nc2ccc(F)cc2F)cc(C(=O)N2CCCc3ccccc32)n1. The molecule has 2 aromatic carbocycles. The summed E-state index contributed by atoms with van der Waals surface area (Å²) in [7, 11) is 0. The van der Waals surface area contributed by atoms with Crippen LogP contribution in [0.4, 0.5) is 26.0 Å². The first-order valence-corrected chi connectivity index (χ1v) is 8.99. The van der Waals surface area contributed by atoms with Gasteiger partial charge in [0.15, 0.2) is 0 Å². The molecular weight excluding hydrogens is 362 g/mol. The fourth-order valence-corrected chi connectivity index (χ4v) is 3.35. The highest BCUT2D eigenvalue weighted by Crippen LogP contribution is 2.28. The normalized spacial score (nSPS) is 13.2. The van der Waals surface area contributed by atoms with Gasteiger partial charge in [-0.1, -0.05) is 18.2 Å². The molecule has 1 aliphatic rings. The predicted octanol–water partition coefficient (Wildman–Crippen LogP) is 4.40. The van der Waals surface area contributed by atoms with Gasteiger partial charge in [0.1, 0.15) is 29.0 Å². The van der Waals surface area contributed by atoms with E-state index in [-0.39, 0.29) is 23.1 Å². The van der Waals surface area contributed by atoms with Crippen LogP contribution in [-0.2, 0) is 6.42 Å². The highest BCUT2D eigenvalue weighted by Gasteiger charge is 2.25. The number of hydrogen-bond donors (Lipinski definition) is 1. The van der Waals surface area contributed by atoms with Gasteiger partial charge in [-0.2, -0.15) is 0 Å². The topological polar surface area (TPSA) is 58.1 Å². The van der Waals surface area contributed by atoms with Crippen LogP contribution in [-0.4, -0.2) is 22.4 Å². The Morgan fingerprint density at radius 3 is 2.75 bits per heavy atom. The highest BCUT2D eigenvalue weighted by molar-refractivity contribution is 6.05. The number of aromatic nitrogens is 2. The molecule has 1 aromatic heterocycles. The van der Waals surface area contributed by atoms with Gasteiger partial charge in [-0.3, -0.25) is 4.79 Å². The lowest BCUT2D eigenvalue weighted by Crippen LogP contribution is -2.36. The van der Waals surface area contributed by atoms with E-state index in [1.165, 1.54) is 12.1 Å². The maximum Gasteiger partial charge on any atom is 0.277 e. The Labute approximate surface area is 161 Å². The number of anilines is 3. The number of amides is 1. The molecule has 1 amide bonds. The lowest BCUT2D eigenvalue weighted by Gasteiger charge is -2.29. The minimum Gasteiger partial charge on any atom is -0.338 e. The molecule has 0 radical (unpaired) electrons. The summed E-state index contributed by atoms with van der Waals surface area (Å²) in [4.78, 5) is 23.3. The van der Waals surface area contributed by atoms with Crippen LogP contribution in [0.5, 0.6) is 0 Å². The van der Waals surface area contributed by atoms with E-state index in [2.05, 4.69) is 15.3 Å². The van der Waals surface area contributed by atoms with E-state index in [1.807, 2.05) is 24.3 Å². The van der Waals surface area contributed by atoms with Crippen molar-refractivity contribution < 1.29 is 13.6 Å². The molecule has 0 spiro atoms. The Bertz CT molecular complexity index is 1050. The number of para-hydroxylation sites is 1. The number of carbonyl (C=O) groups is 1. The monoisotopic (exact) mass is 380 g/mol. The Morgan fingerprint density at radius 2 is 1.93 bits per heavy atom. The molecule has 5 nitrogen and oxygen atoms in total. The first-order valence-electron chi connectivity index (χ1n) is 8.99. The van der Waals surface area contributed by atoms with E-state index >= 15 is 0 Å². The minimum atomic E-state index is -0.742. The molecule has 0 bridgehead atoms. The Morgan fingerprint density at radius 1 is 1.11 bits per heavy atom. The van der Waals surface area contributed by atoms with Gasteiger partial charge >= 0.3 is 0 Å². The molecule has 0 atom stereocenters. The third kappa shape index (κ3) is 3.55. The second kappa shape index (κ2) is 7.34. The van der Waals surface area contributed by atoms with Gasteiger partial charge in [0.2, 0.25) is 0 Å². The van der Waals surface area contributed by atoms with Gasteiger partial charge in [-0.15, -0.1) is 0 Å². The van der Waals surface area contributed by atoms with Gasteiger partial charge in [-0.05, 0) is 43.5 Å². The molecule has 28 heavy (non-hydrogen) atoms. The zero-order valence-electron chi connectivity index (χ0n) is 15.2. The maximum absolute atomic E-state index is 13.9. The van der Waals surface area contributed by atoms with Gasteiger partial charge in [0.25, 0.3) is 5.91 Å². The van der Waals surface area contributed by atoms with Gasteiger partial charge < -0.3 is 10.2 Å². The van der Waals surface area contributed by atoms with Gasteiger partial charge in [-0.25, -0.2) is 18.7 Å². The highest BCUT2D eigenvalue weighted by atomic mass is 19.1. The van der Waals surface area contributed by atoms with Crippen molar-refractivity contribution in [3.05, 3.63) is 77.2 Å². The molecule has 1 aliphatic heterocycles. The largest absolute Gasteiger partial charge is 0.338 e. The fourth-order valence-electron chi connectivity index (χ4n) is 3.35. The molecule has 0 aliphatic carbocycles. The number of fused-ring (bicyclic) bond motifs is 1. The summed E-state index contributed by atoms with van der Waals surface area (Å²) in [5.41, 5.74) is 2.30. The van der Waals surface area contributed by atoms with E-state index < -0.39 is 11.6 Å². The number of rotatable bonds is 3. The van der Waals surface area contributed by atoms with Crippen LogP contribution < -0.4 is 10.2 Å². The standard InChI is InChI=1S/C21H18F2N4O/c1-13-24-18(12-20(25-13)26-17-9-8-15(22)11-16(17)23)21(28)27-10-4-6-14-5-2-3-7-19(14)27/h2-3,5,7-9,11-12H,4,6,10H2,1H3,(H,24,25,26). The molecule has 0 fully saturated rings. The average Bonchev–Trinajstić information content (AvgIpc) is 2.69. The summed E-state index contributed by atoms with van der Waals surface area (Å²) in [5, 5.41) is 2.79. The van der Waals surface area contributed by atoms with Crippen LogP contribution in [0.3, 0.4) is 0 Å². The molecule has 2 heterocycles. The first-order chi connectivity index (χ1) is 13.5. The predicted molar refractivity (Wildman–Crippen MR) is 103 cm³/mol. The zero-order chi connectivity index (χ0) is 19.7. The number of carbonyl (C=O) groups excluding carboxylic acids is 1.